The molecule has 7 nitrogen and oxygen atoms in total. The number of hydrogen-bond acceptors (Lipinski definition) is 4. The van der Waals surface area contributed by atoms with E-state index < -0.39 is 0 Å². The Kier molecular flexibility index (Phi) is 4.40. The minimum atomic E-state index is -0.371. The van der Waals surface area contributed by atoms with E-state index in [9.17, 15) is 9.59 Å². The molecule has 4 aromatic rings. The van der Waals surface area contributed by atoms with Crippen molar-refractivity contribution in [2.45, 2.75) is 6.54 Å². The van der Waals surface area contributed by atoms with Crippen molar-refractivity contribution in [3.63, 3.8) is 0 Å². The van der Waals surface area contributed by atoms with E-state index >= 15 is 0 Å². The van der Waals surface area contributed by atoms with Gasteiger partial charge < -0.3 is 10.1 Å². The van der Waals surface area contributed by atoms with Gasteiger partial charge in [0.05, 0.1) is 5.69 Å². The van der Waals surface area contributed by atoms with Gasteiger partial charge in [0, 0.05) is 6.20 Å². The number of pyridine rings is 1. The van der Waals surface area contributed by atoms with Crippen LogP contribution in [0.15, 0.2) is 83.8 Å². The molecule has 0 saturated carbocycles. The van der Waals surface area contributed by atoms with Crippen molar-refractivity contribution in [1.82, 2.24) is 14.2 Å². The second-order valence-corrected chi connectivity index (χ2v) is 5.83. The number of nitrogens with one attached hydrogen (secondary N) is 1. The van der Waals surface area contributed by atoms with Crippen molar-refractivity contribution in [3.8, 4) is 11.5 Å². The highest BCUT2D eigenvalue weighted by molar-refractivity contribution is 5.92. The molecular formula is C20H16N4O3. The summed E-state index contributed by atoms with van der Waals surface area (Å²) in [5.74, 6) is 0.805. The fourth-order valence-corrected chi connectivity index (χ4v) is 2.67. The monoisotopic (exact) mass is 360 g/mol. The first-order valence-electron chi connectivity index (χ1n) is 8.37. The lowest BCUT2D eigenvalue weighted by molar-refractivity contribution is -0.117. The zero-order valence-electron chi connectivity index (χ0n) is 14.3. The van der Waals surface area contributed by atoms with Crippen LogP contribution in [0.25, 0.3) is 5.65 Å². The normalized spacial score (nSPS) is 10.7. The van der Waals surface area contributed by atoms with Crippen LogP contribution < -0.4 is 15.7 Å². The fourth-order valence-electron chi connectivity index (χ4n) is 2.67. The summed E-state index contributed by atoms with van der Waals surface area (Å²) in [7, 11) is 0. The average Bonchev–Trinajstić information content (AvgIpc) is 3.00. The van der Waals surface area contributed by atoms with E-state index in [1.54, 1.807) is 42.6 Å². The molecular weight excluding hydrogens is 344 g/mol. The molecule has 0 aliphatic rings. The summed E-state index contributed by atoms with van der Waals surface area (Å²) in [5, 5.41) is 6.94. The predicted octanol–water partition coefficient (Wildman–Crippen LogP) is 2.93. The van der Waals surface area contributed by atoms with Crippen molar-refractivity contribution in [3.05, 3.63) is 89.5 Å². The molecule has 0 aliphatic carbocycles. The summed E-state index contributed by atoms with van der Waals surface area (Å²) in [6.07, 6.45) is 1.61. The first kappa shape index (κ1) is 16.6. The van der Waals surface area contributed by atoms with E-state index in [1.165, 1.54) is 4.40 Å². The molecule has 27 heavy (non-hydrogen) atoms. The van der Waals surface area contributed by atoms with Crippen LogP contribution in [0.1, 0.15) is 0 Å². The zero-order valence-corrected chi connectivity index (χ0v) is 14.3. The molecule has 1 N–H and O–H groups in total. The second kappa shape index (κ2) is 7.17. The molecule has 0 bridgehead atoms. The minimum Gasteiger partial charge on any atom is -0.455 e. The molecule has 1 amide bonds. The van der Waals surface area contributed by atoms with Gasteiger partial charge >= 0.3 is 5.69 Å². The van der Waals surface area contributed by atoms with Crippen LogP contribution >= 0.6 is 0 Å². The first-order chi connectivity index (χ1) is 13.2. The van der Waals surface area contributed by atoms with Gasteiger partial charge in [0.25, 0.3) is 0 Å². The van der Waals surface area contributed by atoms with Gasteiger partial charge in [-0.25, -0.2) is 9.48 Å². The van der Waals surface area contributed by atoms with Gasteiger partial charge in [-0.2, -0.15) is 0 Å². The molecule has 0 saturated heterocycles. The van der Waals surface area contributed by atoms with E-state index in [0.29, 0.717) is 22.8 Å². The Morgan fingerprint density at radius 1 is 0.963 bits per heavy atom. The third-order valence-corrected chi connectivity index (χ3v) is 3.91. The Morgan fingerprint density at radius 3 is 2.52 bits per heavy atom. The average molecular weight is 360 g/mol. The first-order valence-corrected chi connectivity index (χ1v) is 8.37. The standard InChI is InChI=1S/C20H16N4O3/c25-19(14-24-20(26)23-13-7-6-12-18(23)22-24)21-16-10-4-5-11-17(16)27-15-8-2-1-3-9-15/h1-13H,14H2,(H,21,25). The van der Waals surface area contributed by atoms with Gasteiger partial charge in [-0.1, -0.05) is 36.4 Å². The Balaban J connectivity index is 1.53. The van der Waals surface area contributed by atoms with Crippen LogP contribution in [0.5, 0.6) is 11.5 Å². The Morgan fingerprint density at radius 2 is 1.70 bits per heavy atom. The van der Waals surface area contributed by atoms with Crippen molar-refractivity contribution in [2.75, 3.05) is 5.32 Å². The van der Waals surface area contributed by atoms with Gasteiger partial charge in [-0.3, -0.25) is 9.20 Å². The zero-order chi connectivity index (χ0) is 18.6. The van der Waals surface area contributed by atoms with E-state index in [1.807, 2.05) is 36.4 Å². The van der Waals surface area contributed by atoms with Crippen LogP contribution in [0.3, 0.4) is 0 Å². The maximum absolute atomic E-state index is 12.4. The molecule has 2 heterocycles. The fraction of sp³-hybridized carbons (Fsp3) is 0.0500. The van der Waals surface area contributed by atoms with Crippen molar-refractivity contribution in [2.24, 2.45) is 0 Å². The summed E-state index contributed by atoms with van der Waals surface area (Å²) in [4.78, 5) is 24.7. The van der Waals surface area contributed by atoms with Gasteiger partial charge in [0.2, 0.25) is 5.91 Å². The number of benzene rings is 2. The number of amides is 1. The lowest BCUT2D eigenvalue weighted by atomic mass is 10.3. The molecule has 0 radical (unpaired) electrons. The number of aromatic nitrogens is 3. The van der Waals surface area contributed by atoms with E-state index in [4.69, 9.17) is 4.74 Å². The number of fused-ring (bicyclic) bond motifs is 1. The summed E-state index contributed by atoms with van der Waals surface area (Å²) in [6, 6.07) is 21.6. The number of para-hydroxylation sites is 3. The van der Waals surface area contributed by atoms with Crippen LogP contribution in [0, 0.1) is 0 Å². The van der Waals surface area contributed by atoms with Gasteiger partial charge in [-0.15, -0.1) is 5.10 Å². The van der Waals surface area contributed by atoms with Crippen LogP contribution in [0.2, 0.25) is 0 Å². The lowest BCUT2D eigenvalue weighted by Gasteiger charge is -2.12. The maximum atomic E-state index is 12.4. The van der Waals surface area contributed by atoms with Gasteiger partial charge in [0.15, 0.2) is 11.4 Å². The second-order valence-electron chi connectivity index (χ2n) is 5.83. The van der Waals surface area contributed by atoms with E-state index in [2.05, 4.69) is 10.4 Å². The Labute approximate surface area is 154 Å². The topological polar surface area (TPSA) is 77.6 Å². The molecule has 0 spiro atoms. The molecule has 0 unspecified atom stereocenters. The number of carbonyl (C=O) groups excluding carboxylic acids is 1. The van der Waals surface area contributed by atoms with Crippen molar-refractivity contribution < 1.29 is 9.53 Å². The van der Waals surface area contributed by atoms with Crippen LogP contribution in [0.4, 0.5) is 5.69 Å². The number of ether oxygens (including phenoxy) is 1. The van der Waals surface area contributed by atoms with Gasteiger partial charge in [-0.05, 0) is 36.4 Å². The maximum Gasteiger partial charge on any atom is 0.350 e. The summed E-state index contributed by atoms with van der Waals surface area (Å²) >= 11 is 0. The highest BCUT2D eigenvalue weighted by Gasteiger charge is 2.12. The Bertz CT molecular complexity index is 1150. The summed E-state index contributed by atoms with van der Waals surface area (Å²) < 4.78 is 8.35. The number of anilines is 1. The SMILES string of the molecule is O=C(Cn1nc2ccccn2c1=O)Nc1ccccc1Oc1ccccc1. The third kappa shape index (κ3) is 3.57. The van der Waals surface area contributed by atoms with Crippen molar-refractivity contribution in [1.29, 1.82) is 0 Å². The number of rotatable bonds is 5. The smallest absolute Gasteiger partial charge is 0.350 e. The van der Waals surface area contributed by atoms with E-state index in [-0.39, 0.29) is 18.1 Å². The minimum absolute atomic E-state index is 0.194. The van der Waals surface area contributed by atoms with Gasteiger partial charge in [0.1, 0.15) is 12.3 Å². The highest BCUT2D eigenvalue weighted by atomic mass is 16.5. The molecule has 7 heteroatoms. The quantitative estimate of drug-likeness (QED) is 0.594. The third-order valence-electron chi connectivity index (χ3n) is 3.91. The van der Waals surface area contributed by atoms with Crippen molar-refractivity contribution >= 4 is 17.2 Å². The molecule has 2 aromatic heterocycles. The molecule has 4 rings (SSSR count). The lowest BCUT2D eigenvalue weighted by Crippen LogP contribution is -2.28. The highest BCUT2D eigenvalue weighted by Crippen LogP contribution is 2.29. The molecule has 0 atom stereocenters. The number of nitrogens with zero attached hydrogens (tertiary/aromatic N) is 3. The molecule has 2 aromatic carbocycles. The largest absolute Gasteiger partial charge is 0.455 e. The number of carbonyl (C=O) groups is 1. The molecule has 0 fully saturated rings. The molecule has 0 aliphatic heterocycles. The predicted molar refractivity (Wildman–Crippen MR) is 101 cm³/mol. The van der Waals surface area contributed by atoms with E-state index in [0.717, 1.165) is 4.68 Å². The van der Waals surface area contributed by atoms with Crippen LogP contribution in [-0.2, 0) is 11.3 Å². The summed E-state index contributed by atoms with van der Waals surface area (Å²) in [6.45, 7) is -0.194. The Hall–Kier alpha value is -3.87. The number of hydrogen-bond donors (Lipinski definition) is 1. The summed E-state index contributed by atoms with van der Waals surface area (Å²) in [5.41, 5.74) is 0.640. The van der Waals surface area contributed by atoms with Crippen LogP contribution in [-0.4, -0.2) is 20.1 Å². The molecule has 134 valence electrons.